The second-order valence-electron chi connectivity index (χ2n) is 10.3. The van der Waals surface area contributed by atoms with Crippen molar-refractivity contribution in [2.75, 3.05) is 33.4 Å². The maximum absolute atomic E-state index is 13.7. The number of methoxy groups -OCH3 is 1. The molecular weight excluding hydrogens is 459 g/mol. The van der Waals surface area contributed by atoms with Gasteiger partial charge in [-0.3, -0.25) is 0 Å². The first-order chi connectivity index (χ1) is 17.6. The maximum Gasteiger partial charge on any atom is 0.356 e. The molecule has 1 aliphatic carbocycles. The van der Waals surface area contributed by atoms with Crippen LogP contribution in [-0.4, -0.2) is 65.1 Å². The quantitative estimate of drug-likeness (QED) is 0.469. The van der Waals surface area contributed by atoms with Crippen molar-refractivity contribution < 1.29 is 18.7 Å². The van der Waals surface area contributed by atoms with Gasteiger partial charge in [0.15, 0.2) is 11.3 Å². The number of piperidine rings is 1. The van der Waals surface area contributed by atoms with Gasteiger partial charge in [-0.1, -0.05) is 6.42 Å². The van der Waals surface area contributed by atoms with E-state index in [9.17, 15) is 9.18 Å². The summed E-state index contributed by atoms with van der Waals surface area (Å²) in [6.45, 7) is 3.78. The highest BCUT2D eigenvalue weighted by atomic mass is 19.1. The fourth-order valence-corrected chi connectivity index (χ4v) is 6.06. The number of hydrogen-bond donors (Lipinski definition) is 0. The van der Waals surface area contributed by atoms with Crippen molar-refractivity contribution in [3.63, 3.8) is 0 Å². The number of fused-ring (bicyclic) bond motifs is 1. The standard InChI is InChI=1S/C28H33FN4O3/c1-35-28(34)24-17-23(18-9-13-32(14-10-18)21-11-15-36-16-12-21)25-26(19-3-2-4-19)31-33(27(25)30-24)22-7-5-20(29)6-8-22/h5-8,17-19,21H,2-4,9-16H2,1H3. The number of rotatable bonds is 5. The molecule has 8 heteroatoms. The van der Waals surface area contributed by atoms with Crippen LogP contribution >= 0.6 is 0 Å². The van der Waals surface area contributed by atoms with E-state index in [2.05, 4.69) is 4.90 Å². The van der Waals surface area contributed by atoms with Gasteiger partial charge in [0.05, 0.1) is 18.5 Å². The molecule has 190 valence electrons. The summed E-state index contributed by atoms with van der Waals surface area (Å²) in [6, 6.07) is 8.85. The van der Waals surface area contributed by atoms with Gasteiger partial charge in [0.1, 0.15) is 5.82 Å². The molecule has 0 N–H and O–H groups in total. The van der Waals surface area contributed by atoms with Crippen LogP contribution in [0.2, 0.25) is 0 Å². The third-order valence-corrected chi connectivity index (χ3v) is 8.33. The third-order valence-electron chi connectivity index (χ3n) is 8.33. The van der Waals surface area contributed by atoms with Gasteiger partial charge in [-0.05, 0) is 93.4 Å². The zero-order valence-corrected chi connectivity index (χ0v) is 20.8. The van der Waals surface area contributed by atoms with Crippen molar-refractivity contribution in [2.24, 2.45) is 0 Å². The number of nitrogens with zero attached hydrogens (tertiary/aromatic N) is 4. The predicted octanol–water partition coefficient (Wildman–Crippen LogP) is 4.97. The van der Waals surface area contributed by atoms with E-state index >= 15 is 0 Å². The second-order valence-corrected chi connectivity index (χ2v) is 10.3. The summed E-state index contributed by atoms with van der Waals surface area (Å²) in [5.74, 6) is -0.0369. The van der Waals surface area contributed by atoms with E-state index in [-0.39, 0.29) is 5.82 Å². The summed E-state index contributed by atoms with van der Waals surface area (Å²) in [6.07, 6.45) is 7.68. The summed E-state index contributed by atoms with van der Waals surface area (Å²) in [5.41, 5.74) is 3.92. The summed E-state index contributed by atoms with van der Waals surface area (Å²) < 4.78 is 26.1. The number of carbonyl (C=O) groups is 1. The number of halogens is 1. The number of carbonyl (C=O) groups excluding carboxylic acids is 1. The molecule has 0 amide bonds. The van der Waals surface area contributed by atoms with Crippen LogP contribution in [0.3, 0.4) is 0 Å². The highest BCUT2D eigenvalue weighted by Crippen LogP contribution is 2.43. The summed E-state index contributed by atoms with van der Waals surface area (Å²) >= 11 is 0. The Hall–Kier alpha value is -2.84. The molecule has 0 bridgehead atoms. The molecular formula is C28H33FN4O3. The summed E-state index contributed by atoms with van der Waals surface area (Å²) in [4.78, 5) is 20.0. The third kappa shape index (κ3) is 4.30. The van der Waals surface area contributed by atoms with E-state index in [1.54, 1.807) is 16.8 Å². The number of pyridine rings is 1. The fourth-order valence-electron chi connectivity index (χ4n) is 6.06. The van der Waals surface area contributed by atoms with Crippen molar-refractivity contribution in [3.8, 4) is 5.69 Å². The molecule has 0 radical (unpaired) electrons. The zero-order valence-electron chi connectivity index (χ0n) is 20.8. The van der Waals surface area contributed by atoms with Crippen LogP contribution in [0.4, 0.5) is 4.39 Å². The van der Waals surface area contributed by atoms with Crippen molar-refractivity contribution in [1.29, 1.82) is 0 Å². The minimum atomic E-state index is -0.449. The molecule has 0 atom stereocenters. The molecule has 0 spiro atoms. The Balaban J connectivity index is 1.43. The van der Waals surface area contributed by atoms with Crippen LogP contribution in [0, 0.1) is 5.82 Å². The van der Waals surface area contributed by atoms with E-state index in [0.29, 0.717) is 29.2 Å². The molecule has 3 aliphatic rings. The highest BCUT2D eigenvalue weighted by Gasteiger charge is 2.33. The molecule has 2 saturated heterocycles. The van der Waals surface area contributed by atoms with Gasteiger partial charge in [-0.15, -0.1) is 0 Å². The molecule has 6 rings (SSSR count). The molecule has 0 unspecified atom stereocenters. The Morgan fingerprint density at radius 1 is 1.03 bits per heavy atom. The molecule has 2 aliphatic heterocycles. The monoisotopic (exact) mass is 492 g/mol. The molecule has 36 heavy (non-hydrogen) atoms. The van der Waals surface area contributed by atoms with E-state index in [0.717, 1.165) is 87.2 Å². The lowest BCUT2D eigenvalue weighted by molar-refractivity contribution is 0.0252. The smallest absolute Gasteiger partial charge is 0.356 e. The molecule has 7 nitrogen and oxygen atoms in total. The van der Waals surface area contributed by atoms with E-state index < -0.39 is 5.97 Å². The lowest BCUT2D eigenvalue weighted by Crippen LogP contribution is -2.43. The molecule has 1 saturated carbocycles. The van der Waals surface area contributed by atoms with Crippen molar-refractivity contribution in [2.45, 2.75) is 62.8 Å². The summed E-state index contributed by atoms with van der Waals surface area (Å²) in [5, 5.41) is 6.11. The highest BCUT2D eigenvalue weighted by molar-refractivity contribution is 5.93. The Morgan fingerprint density at radius 2 is 1.75 bits per heavy atom. The first-order valence-corrected chi connectivity index (χ1v) is 13.2. The Bertz CT molecular complexity index is 1240. The number of aromatic nitrogens is 3. The van der Waals surface area contributed by atoms with Crippen LogP contribution in [-0.2, 0) is 9.47 Å². The summed E-state index contributed by atoms with van der Waals surface area (Å²) in [7, 11) is 1.39. The topological polar surface area (TPSA) is 69.5 Å². The minimum absolute atomic E-state index is 0.297. The Kier molecular flexibility index (Phi) is 6.48. The van der Waals surface area contributed by atoms with Gasteiger partial charge in [0, 0.05) is 30.6 Å². The number of ether oxygens (including phenoxy) is 2. The fraction of sp³-hybridized carbons (Fsp3) is 0.536. The molecule has 1 aromatic carbocycles. The molecule has 2 aromatic heterocycles. The predicted molar refractivity (Wildman–Crippen MR) is 134 cm³/mol. The van der Waals surface area contributed by atoms with Crippen molar-refractivity contribution in [1.82, 2.24) is 19.7 Å². The van der Waals surface area contributed by atoms with Gasteiger partial charge < -0.3 is 14.4 Å². The van der Waals surface area contributed by atoms with Crippen molar-refractivity contribution in [3.05, 3.63) is 53.1 Å². The largest absolute Gasteiger partial charge is 0.464 e. The SMILES string of the molecule is COC(=O)c1cc(C2CCN(C3CCOCC3)CC2)c2c(C3CCC3)nn(-c3ccc(F)cc3)c2n1. The minimum Gasteiger partial charge on any atom is -0.464 e. The first-order valence-electron chi connectivity index (χ1n) is 13.2. The number of hydrogen-bond acceptors (Lipinski definition) is 6. The molecule has 3 fully saturated rings. The Labute approximate surface area is 210 Å². The molecule has 3 aromatic rings. The van der Waals surface area contributed by atoms with Gasteiger partial charge in [0.25, 0.3) is 0 Å². The van der Waals surface area contributed by atoms with Gasteiger partial charge in [-0.25, -0.2) is 18.9 Å². The van der Waals surface area contributed by atoms with Crippen LogP contribution in [0.15, 0.2) is 30.3 Å². The van der Waals surface area contributed by atoms with E-state index in [1.807, 2.05) is 6.07 Å². The second kappa shape index (κ2) is 9.90. The average Bonchev–Trinajstić information content (AvgIpc) is 3.26. The van der Waals surface area contributed by atoms with Crippen LogP contribution in [0.1, 0.15) is 78.5 Å². The Morgan fingerprint density at radius 3 is 2.39 bits per heavy atom. The normalized spacial score (nSPS) is 20.5. The number of esters is 1. The lowest BCUT2D eigenvalue weighted by Gasteiger charge is -2.39. The van der Waals surface area contributed by atoms with Gasteiger partial charge >= 0.3 is 5.97 Å². The van der Waals surface area contributed by atoms with Crippen LogP contribution < -0.4 is 0 Å². The number of likely N-dealkylation sites (tertiary alicyclic amines) is 1. The van der Waals surface area contributed by atoms with Gasteiger partial charge in [-0.2, -0.15) is 5.10 Å². The van der Waals surface area contributed by atoms with E-state index in [4.69, 9.17) is 19.6 Å². The first kappa shape index (κ1) is 23.6. The molecule has 4 heterocycles. The van der Waals surface area contributed by atoms with Crippen molar-refractivity contribution >= 4 is 17.0 Å². The van der Waals surface area contributed by atoms with Gasteiger partial charge in [0.2, 0.25) is 0 Å². The van der Waals surface area contributed by atoms with E-state index in [1.165, 1.54) is 25.7 Å². The maximum atomic E-state index is 13.7. The average molecular weight is 493 g/mol. The van der Waals surface area contributed by atoms with Crippen LogP contribution in [0.5, 0.6) is 0 Å². The lowest BCUT2D eigenvalue weighted by atomic mass is 9.79. The van der Waals surface area contributed by atoms with Crippen LogP contribution in [0.25, 0.3) is 16.7 Å². The zero-order chi connectivity index (χ0) is 24.6. The number of benzene rings is 1.